The molecule has 1 aromatic heterocycles. The summed E-state index contributed by atoms with van der Waals surface area (Å²) in [5, 5.41) is 5.01. The quantitative estimate of drug-likeness (QED) is 0.329. The molecule has 202 valence electrons. The van der Waals surface area contributed by atoms with Gasteiger partial charge in [-0.3, -0.25) is 9.58 Å². The van der Waals surface area contributed by atoms with E-state index in [1.807, 2.05) is 12.1 Å². The van der Waals surface area contributed by atoms with Crippen LogP contribution in [-0.2, 0) is 0 Å². The van der Waals surface area contributed by atoms with E-state index in [2.05, 4.69) is 50.1 Å². The van der Waals surface area contributed by atoms with Gasteiger partial charge in [-0.25, -0.2) is 8.78 Å². The number of aryl methyl sites for hydroxylation is 1. The van der Waals surface area contributed by atoms with Crippen LogP contribution in [0, 0.1) is 12.8 Å². The van der Waals surface area contributed by atoms with Gasteiger partial charge in [-0.05, 0) is 73.9 Å². The van der Waals surface area contributed by atoms with Gasteiger partial charge in [-0.15, -0.1) is 0 Å². The summed E-state index contributed by atoms with van der Waals surface area (Å²) in [5.74, 6) is 0.944. The summed E-state index contributed by atoms with van der Waals surface area (Å²) < 4.78 is 29.1. The second-order valence-corrected chi connectivity index (χ2v) is 11.6. The highest BCUT2D eigenvalue weighted by molar-refractivity contribution is 6.31. The van der Waals surface area contributed by atoms with Crippen molar-refractivity contribution < 1.29 is 8.78 Å². The first-order chi connectivity index (χ1) is 18.5. The van der Waals surface area contributed by atoms with Crippen LogP contribution < -0.4 is 9.80 Å². The highest BCUT2D eigenvalue weighted by atomic mass is 35.5. The second kappa shape index (κ2) is 10.9. The lowest BCUT2D eigenvalue weighted by Crippen LogP contribution is -2.47. The van der Waals surface area contributed by atoms with Crippen molar-refractivity contribution >= 4 is 23.0 Å². The molecule has 1 unspecified atom stereocenters. The molecule has 0 spiro atoms. The number of piperazine rings is 1. The lowest BCUT2D eigenvalue weighted by atomic mass is 9.99. The Morgan fingerprint density at radius 2 is 1.71 bits per heavy atom. The first-order valence-electron chi connectivity index (χ1n) is 13.9. The number of nitrogens with zero attached hydrogens (tertiary/aromatic N) is 5. The van der Waals surface area contributed by atoms with Gasteiger partial charge in [0.25, 0.3) is 6.43 Å². The molecule has 2 saturated heterocycles. The van der Waals surface area contributed by atoms with E-state index in [-0.39, 0.29) is 11.7 Å². The molecule has 6 rings (SSSR count). The highest BCUT2D eigenvalue weighted by Crippen LogP contribution is 2.38. The van der Waals surface area contributed by atoms with Crippen molar-refractivity contribution in [1.82, 2.24) is 14.7 Å². The predicted octanol–water partition coefficient (Wildman–Crippen LogP) is 6.82. The minimum atomic E-state index is -2.53. The molecule has 3 aliphatic rings. The van der Waals surface area contributed by atoms with Gasteiger partial charge >= 0.3 is 0 Å². The van der Waals surface area contributed by atoms with Crippen LogP contribution in [-0.4, -0.2) is 60.5 Å². The Balaban J connectivity index is 1.20. The largest absolute Gasteiger partial charge is 0.369 e. The van der Waals surface area contributed by atoms with E-state index in [4.69, 9.17) is 11.6 Å². The number of hydrogen-bond acceptors (Lipinski definition) is 4. The molecule has 8 heteroatoms. The lowest BCUT2D eigenvalue weighted by molar-refractivity contribution is 0.133. The average Bonchev–Trinajstić information content (AvgIpc) is 3.66. The summed E-state index contributed by atoms with van der Waals surface area (Å²) in [5.41, 5.74) is 5.14. The Morgan fingerprint density at radius 3 is 2.42 bits per heavy atom. The summed E-state index contributed by atoms with van der Waals surface area (Å²) in [4.78, 5) is 7.38. The smallest absolute Gasteiger partial charge is 0.280 e. The van der Waals surface area contributed by atoms with Crippen molar-refractivity contribution in [3.63, 3.8) is 0 Å². The van der Waals surface area contributed by atoms with Gasteiger partial charge in [0.2, 0.25) is 0 Å². The Labute approximate surface area is 229 Å². The fraction of sp³-hybridized carbons (Fsp3) is 0.500. The Kier molecular flexibility index (Phi) is 7.32. The summed E-state index contributed by atoms with van der Waals surface area (Å²) in [6.07, 6.45) is 3.58. The van der Waals surface area contributed by atoms with Crippen LogP contribution in [0.1, 0.15) is 49.4 Å². The van der Waals surface area contributed by atoms with Gasteiger partial charge in [0, 0.05) is 67.8 Å². The number of benzene rings is 2. The predicted molar refractivity (Wildman–Crippen MR) is 151 cm³/mol. The molecule has 38 heavy (non-hydrogen) atoms. The van der Waals surface area contributed by atoms with Crippen molar-refractivity contribution in [3.05, 3.63) is 64.9 Å². The molecule has 3 heterocycles. The molecule has 0 bridgehead atoms. The van der Waals surface area contributed by atoms with Gasteiger partial charge in [0.05, 0.1) is 12.2 Å². The first kappa shape index (κ1) is 25.6. The van der Waals surface area contributed by atoms with E-state index in [0.717, 1.165) is 68.3 Å². The van der Waals surface area contributed by atoms with Crippen LogP contribution >= 0.6 is 11.6 Å². The van der Waals surface area contributed by atoms with E-state index in [1.54, 1.807) is 17.8 Å². The Hall–Kier alpha value is -2.64. The molecule has 2 aliphatic heterocycles. The molecule has 5 nitrogen and oxygen atoms in total. The average molecular weight is 540 g/mol. The monoisotopic (exact) mass is 539 g/mol. The van der Waals surface area contributed by atoms with Crippen molar-refractivity contribution in [2.75, 3.05) is 55.6 Å². The minimum absolute atomic E-state index is 0.0344. The van der Waals surface area contributed by atoms with E-state index < -0.39 is 6.43 Å². The van der Waals surface area contributed by atoms with Crippen LogP contribution in [0.2, 0.25) is 5.02 Å². The SMILES string of the molecule is Cc1cnn(C2CCCN(c3cc(Cl)ccc3-c3ccc(N4CCN(CC5CC5)CC4)cc3)C2)c1C(F)F. The fourth-order valence-electron chi connectivity index (χ4n) is 6.11. The number of anilines is 2. The van der Waals surface area contributed by atoms with E-state index in [0.29, 0.717) is 17.1 Å². The topological polar surface area (TPSA) is 27.5 Å². The van der Waals surface area contributed by atoms with Crippen LogP contribution in [0.4, 0.5) is 20.2 Å². The highest BCUT2D eigenvalue weighted by Gasteiger charge is 2.29. The van der Waals surface area contributed by atoms with Gasteiger partial charge in [0.1, 0.15) is 5.69 Å². The third-order valence-electron chi connectivity index (χ3n) is 8.41. The van der Waals surface area contributed by atoms with E-state index in [1.165, 1.54) is 25.1 Å². The van der Waals surface area contributed by atoms with Crippen LogP contribution in [0.5, 0.6) is 0 Å². The molecular weight excluding hydrogens is 504 g/mol. The zero-order valence-corrected chi connectivity index (χ0v) is 22.8. The molecule has 2 aromatic carbocycles. The molecule has 1 aliphatic carbocycles. The van der Waals surface area contributed by atoms with Crippen LogP contribution in [0.25, 0.3) is 11.1 Å². The number of hydrogen-bond donors (Lipinski definition) is 0. The van der Waals surface area contributed by atoms with Gasteiger partial charge in [-0.1, -0.05) is 29.8 Å². The van der Waals surface area contributed by atoms with Gasteiger partial charge < -0.3 is 9.80 Å². The lowest BCUT2D eigenvalue weighted by Gasteiger charge is -2.37. The first-order valence-corrected chi connectivity index (χ1v) is 14.3. The maximum atomic E-state index is 13.8. The molecular formula is C30H36ClF2N5. The number of aromatic nitrogens is 2. The summed E-state index contributed by atoms with van der Waals surface area (Å²) in [6, 6.07) is 14.8. The third kappa shape index (κ3) is 5.41. The normalized spacial score (nSPS) is 20.9. The van der Waals surface area contributed by atoms with Crippen LogP contribution in [0.15, 0.2) is 48.7 Å². The van der Waals surface area contributed by atoms with Crippen molar-refractivity contribution in [3.8, 4) is 11.1 Å². The number of piperidine rings is 1. The molecule has 0 N–H and O–H groups in total. The molecule has 0 radical (unpaired) electrons. The van der Waals surface area contributed by atoms with E-state index >= 15 is 0 Å². The second-order valence-electron chi connectivity index (χ2n) is 11.1. The maximum Gasteiger partial charge on any atom is 0.280 e. The summed E-state index contributed by atoms with van der Waals surface area (Å²) >= 11 is 6.47. The zero-order chi connectivity index (χ0) is 26.2. The molecule has 3 aromatic rings. The Bertz CT molecular complexity index is 1250. The van der Waals surface area contributed by atoms with Crippen molar-refractivity contribution in [1.29, 1.82) is 0 Å². The van der Waals surface area contributed by atoms with Crippen molar-refractivity contribution in [2.24, 2.45) is 5.92 Å². The van der Waals surface area contributed by atoms with Gasteiger partial charge in [-0.2, -0.15) is 5.10 Å². The Morgan fingerprint density at radius 1 is 0.947 bits per heavy atom. The molecule has 0 amide bonds. The number of alkyl halides is 2. The maximum absolute atomic E-state index is 13.8. The van der Waals surface area contributed by atoms with Crippen LogP contribution in [0.3, 0.4) is 0 Å². The molecule has 1 saturated carbocycles. The van der Waals surface area contributed by atoms with Crippen molar-refractivity contribution in [2.45, 2.75) is 45.1 Å². The van der Waals surface area contributed by atoms with Gasteiger partial charge in [0.15, 0.2) is 0 Å². The number of halogens is 3. The van der Waals surface area contributed by atoms with E-state index in [9.17, 15) is 8.78 Å². The zero-order valence-electron chi connectivity index (χ0n) is 22.0. The number of rotatable bonds is 7. The summed E-state index contributed by atoms with van der Waals surface area (Å²) in [6.45, 7) is 8.87. The fourth-order valence-corrected chi connectivity index (χ4v) is 6.28. The molecule has 3 fully saturated rings. The standard InChI is InChI=1S/C30H36ClF2N5/c1-21-18-34-38(29(21)30(32)33)26-3-2-12-37(20-26)28-17-24(31)8-11-27(28)23-6-9-25(10-7-23)36-15-13-35(14-16-36)19-22-4-5-22/h6-11,17-18,22,26,30H,2-5,12-16,19-20H2,1H3. The molecule has 1 atom stereocenters. The minimum Gasteiger partial charge on any atom is -0.369 e. The summed E-state index contributed by atoms with van der Waals surface area (Å²) in [7, 11) is 0. The third-order valence-corrected chi connectivity index (χ3v) is 8.64.